The lowest BCUT2D eigenvalue weighted by Gasteiger charge is -2.09. The molecule has 3 N–H and O–H groups in total. The van der Waals surface area contributed by atoms with Crippen molar-refractivity contribution in [3.8, 4) is 0 Å². The Labute approximate surface area is 246 Å². The normalized spacial score (nSPS) is 14.2. The van der Waals surface area contributed by atoms with E-state index < -0.39 is 0 Å². The van der Waals surface area contributed by atoms with Gasteiger partial charge in [0.15, 0.2) is 5.84 Å². The van der Waals surface area contributed by atoms with Crippen molar-refractivity contribution in [2.75, 3.05) is 12.4 Å². The molecule has 1 aliphatic heterocycles. The van der Waals surface area contributed by atoms with Crippen molar-refractivity contribution >= 4 is 67.1 Å². The van der Waals surface area contributed by atoms with Crippen LogP contribution in [0.15, 0.2) is 117 Å². The van der Waals surface area contributed by atoms with Gasteiger partial charge in [0.2, 0.25) is 0 Å². The van der Waals surface area contributed by atoms with Crippen LogP contribution in [0.25, 0.3) is 32.3 Å². The summed E-state index contributed by atoms with van der Waals surface area (Å²) >= 11 is 0. The van der Waals surface area contributed by atoms with Gasteiger partial charge in [-0.25, -0.2) is 15.0 Å². The van der Waals surface area contributed by atoms with Crippen LogP contribution in [-0.4, -0.2) is 33.1 Å². The molecular weight excluding hydrogens is 532 g/mol. The molecule has 0 aliphatic carbocycles. The number of nitrogens with one attached hydrogen (secondary N) is 3. The molecule has 8 rings (SSSR count). The zero-order valence-corrected chi connectivity index (χ0v) is 24.0. The summed E-state index contributed by atoms with van der Waals surface area (Å²) in [5.74, 6) is 3.88. The zero-order valence-electron chi connectivity index (χ0n) is 24.0. The molecule has 8 heteroatoms. The summed E-state index contributed by atoms with van der Waals surface area (Å²) in [6, 6.07) is 33.0. The third-order valence-electron chi connectivity index (χ3n) is 8.16. The molecular formula is C35H28N8. The van der Waals surface area contributed by atoms with Gasteiger partial charge in [0.1, 0.15) is 34.2 Å². The quantitative estimate of drug-likeness (QED) is 0.183. The largest absolute Gasteiger partial charge is 0.327 e. The summed E-state index contributed by atoms with van der Waals surface area (Å²) in [5.41, 5.74) is 4.33. The maximum atomic E-state index is 5.23. The van der Waals surface area contributed by atoms with Gasteiger partial charge in [-0.15, -0.1) is 0 Å². The Morgan fingerprint density at radius 3 is 1.60 bits per heavy atom. The summed E-state index contributed by atoms with van der Waals surface area (Å²) < 4.78 is 2.05. The van der Waals surface area contributed by atoms with E-state index in [4.69, 9.17) is 15.0 Å². The summed E-state index contributed by atoms with van der Waals surface area (Å²) in [4.78, 5) is 27.3. The van der Waals surface area contributed by atoms with Gasteiger partial charge in [-0.3, -0.25) is 4.99 Å². The van der Waals surface area contributed by atoms with Crippen molar-refractivity contribution in [2.45, 2.75) is 6.92 Å². The maximum Gasteiger partial charge on any atom is 0.157 e. The molecule has 0 radical (unpaired) electrons. The minimum Gasteiger partial charge on any atom is -0.327 e. The maximum absolute atomic E-state index is 5.23. The Bertz CT molecular complexity index is 2420. The van der Waals surface area contributed by atoms with Gasteiger partial charge in [0.25, 0.3) is 0 Å². The molecule has 0 atom stereocenters. The monoisotopic (exact) mass is 560 g/mol. The SMILES string of the molecule is CN=C1N=c2c3ccccc3c(n2C)=Nc2[nH]c(c3ccccc23)Nc2[nH]c(c3ccccc23)N=C(C)c2ccccc21. The number of anilines is 2. The number of aromatic amines is 2. The molecule has 0 fully saturated rings. The highest BCUT2D eigenvalue weighted by atomic mass is 15.1. The summed E-state index contributed by atoms with van der Waals surface area (Å²) in [6.07, 6.45) is 0. The Morgan fingerprint density at radius 2 is 1.02 bits per heavy atom. The molecule has 208 valence electrons. The van der Waals surface area contributed by atoms with Crippen molar-refractivity contribution in [3.63, 3.8) is 0 Å². The summed E-state index contributed by atoms with van der Waals surface area (Å²) in [5, 5.41) is 9.79. The Morgan fingerprint density at radius 1 is 0.558 bits per heavy atom. The Kier molecular flexibility index (Phi) is 5.62. The fourth-order valence-corrected chi connectivity index (χ4v) is 6.08. The zero-order chi connectivity index (χ0) is 29.1. The third-order valence-corrected chi connectivity index (χ3v) is 8.16. The number of fused-ring (bicyclic) bond motifs is 16. The van der Waals surface area contributed by atoms with E-state index in [9.17, 15) is 0 Å². The molecule has 0 amide bonds. The second kappa shape index (κ2) is 9.66. The average molecular weight is 561 g/mol. The molecule has 1 aliphatic rings. The van der Waals surface area contributed by atoms with E-state index >= 15 is 0 Å². The summed E-state index contributed by atoms with van der Waals surface area (Å²) in [7, 11) is 3.79. The molecule has 4 aromatic carbocycles. The van der Waals surface area contributed by atoms with Crippen LogP contribution < -0.4 is 16.3 Å². The fourth-order valence-electron chi connectivity index (χ4n) is 6.08. The number of benzene rings is 4. The Balaban J connectivity index is 1.52. The topological polar surface area (TPSA) is 98.0 Å². The van der Waals surface area contributed by atoms with Crippen LogP contribution in [-0.2, 0) is 7.05 Å². The van der Waals surface area contributed by atoms with Crippen LogP contribution in [0.1, 0.15) is 18.1 Å². The lowest BCUT2D eigenvalue weighted by atomic mass is 10.0. The van der Waals surface area contributed by atoms with Crippen LogP contribution in [0.5, 0.6) is 0 Å². The van der Waals surface area contributed by atoms with Crippen molar-refractivity contribution in [3.05, 3.63) is 119 Å². The highest BCUT2D eigenvalue weighted by molar-refractivity contribution is 6.13. The van der Waals surface area contributed by atoms with E-state index in [1.54, 1.807) is 7.05 Å². The molecule has 4 heterocycles. The van der Waals surface area contributed by atoms with Crippen molar-refractivity contribution in [1.82, 2.24) is 14.5 Å². The number of aliphatic imine (C=N–C) groups is 2. The lowest BCUT2D eigenvalue weighted by molar-refractivity contribution is 0.817. The van der Waals surface area contributed by atoms with E-state index in [1.165, 1.54) is 0 Å². The van der Waals surface area contributed by atoms with Gasteiger partial charge in [-0.05, 0) is 6.92 Å². The predicted molar refractivity (Wildman–Crippen MR) is 176 cm³/mol. The van der Waals surface area contributed by atoms with E-state index in [-0.39, 0.29) is 0 Å². The van der Waals surface area contributed by atoms with Crippen molar-refractivity contribution < 1.29 is 0 Å². The molecule has 8 nitrogen and oxygen atoms in total. The van der Waals surface area contributed by atoms with Crippen molar-refractivity contribution in [2.24, 2.45) is 27.0 Å². The minimum absolute atomic E-state index is 0.624. The first-order chi connectivity index (χ1) is 21.1. The molecule has 43 heavy (non-hydrogen) atoms. The first kappa shape index (κ1) is 25.0. The number of aromatic nitrogens is 3. The van der Waals surface area contributed by atoms with Gasteiger partial charge >= 0.3 is 0 Å². The second-order valence-corrected chi connectivity index (χ2v) is 10.7. The van der Waals surface area contributed by atoms with E-state index in [0.29, 0.717) is 5.84 Å². The fraction of sp³-hybridized carbons (Fsp3) is 0.0857. The van der Waals surface area contributed by atoms with E-state index in [1.807, 2.05) is 67.1 Å². The van der Waals surface area contributed by atoms with Crippen molar-refractivity contribution in [1.29, 1.82) is 0 Å². The van der Waals surface area contributed by atoms with Crippen LogP contribution in [0.4, 0.5) is 23.3 Å². The molecule has 0 saturated heterocycles. The van der Waals surface area contributed by atoms with Gasteiger partial charge in [0.05, 0.1) is 0 Å². The molecule has 0 spiro atoms. The molecule has 0 unspecified atom stereocenters. The molecule has 3 aromatic heterocycles. The smallest absolute Gasteiger partial charge is 0.157 e. The number of rotatable bonds is 0. The number of H-pyrrole nitrogens is 2. The van der Waals surface area contributed by atoms with E-state index in [2.05, 4.69) is 68.8 Å². The van der Waals surface area contributed by atoms with E-state index in [0.717, 1.165) is 83.4 Å². The van der Waals surface area contributed by atoms with Crippen LogP contribution in [0, 0.1) is 0 Å². The first-order valence-corrected chi connectivity index (χ1v) is 14.2. The second-order valence-electron chi connectivity index (χ2n) is 10.7. The number of hydrogen-bond acceptors (Lipinski definition) is 4. The van der Waals surface area contributed by atoms with Crippen LogP contribution in [0.2, 0.25) is 0 Å². The van der Waals surface area contributed by atoms with Crippen LogP contribution in [0.3, 0.4) is 0 Å². The van der Waals surface area contributed by atoms with Gasteiger partial charge in [0, 0.05) is 63.3 Å². The standard InChI is InChI=1S/C35H28N8/c1-20-21-12-4-5-13-22(21)29(36-2)41-34-27-18-10-11-19-28(27)35(43(34)3)42-33-26-17-9-8-16-25(26)32(40-33)39-31-24-15-7-6-14-23(24)30(37-20)38-31/h4-19,38-40H,1-3H3. The summed E-state index contributed by atoms with van der Waals surface area (Å²) in [6.45, 7) is 2.03. The third kappa shape index (κ3) is 3.91. The average Bonchev–Trinajstić information content (AvgIpc) is 3.66. The first-order valence-electron chi connectivity index (χ1n) is 14.2. The number of amidine groups is 1. The van der Waals surface area contributed by atoms with Gasteiger partial charge < -0.3 is 19.9 Å². The minimum atomic E-state index is 0.624. The highest BCUT2D eigenvalue weighted by Crippen LogP contribution is 2.38. The van der Waals surface area contributed by atoms with Gasteiger partial charge in [-0.1, -0.05) is 97.1 Å². The van der Waals surface area contributed by atoms with Crippen LogP contribution >= 0.6 is 0 Å². The molecule has 6 bridgehead atoms. The number of nitrogens with zero attached hydrogens (tertiary/aromatic N) is 5. The highest BCUT2D eigenvalue weighted by Gasteiger charge is 2.18. The number of hydrogen-bond donors (Lipinski definition) is 3. The predicted octanol–water partition coefficient (Wildman–Crippen LogP) is 6.99. The molecule has 7 aromatic rings. The Hall–Kier alpha value is -5.76. The van der Waals surface area contributed by atoms with Gasteiger partial charge in [-0.2, -0.15) is 0 Å². The lowest BCUT2D eigenvalue weighted by Crippen LogP contribution is -2.25. The molecule has 0 saturated carbocycles.